The third-order valence-corrected chi connectivity index (χ3v) is 6.45. The molecule has 7 heteroatoms. The van der Waals surface area contributed by atoms with Crippen molar-refractivity contribution in [2.45, 2.75) is 19.4 Å². The van der Waals surface area contributed by atoms with Crippen LogP contribution >= 0.6 is 11.3 Å². The molecule has 27 heavy (non-hydrogen) atoms. The van der Waals surface area contributed by atoms with E-state index >= 15 is 0 Å². The Balaban J connectivity index is 1.31. The minimum Gasteiger partial charge on any atom is -0.486 e. The first-order valence-corrected chi connectivity index (χ1v) is 10.1. The Morgan fingerprint density at radius 1 is 1.15 bits per heavy atom. The van der Waals surface area contributed by atoms with Gasteiger partial charge in [-0.15, -0.1) is 11.3 Å². The van der Waals surface area contributed by atoms with Crippen molar-refractivity contribution in [2.24, 2.45) is 5.92 Å². The lowest BCUT2D eigenvalue weighted by Gasteiger charge is -2.29. The van der Waals surface area contributed by atoms with Crippen LogP contribution < -0.4 is 14.4 Å². The predicted molar refractivity (Wildman–Crippen MR) is 101 cm³/mol. The summed E-state index contributed by atoms with van der Waals surface area (Å²) in [4.78, 5) is 30.5. The van der Waals surface area contributed by atoms with Crippen molar-refractivity contribution in [3.05, 3.63) is 40.1 Å². The Labute approximate surface area is 161 Å². The van der Waals surface area contributed by atoms with Crippen LogP contribution in [0.1, 0.15) is 16.9 Å². The van der Waals surface area contributed by atoms with Gasteiger partial charge < -0.3 is 19.3 Å². The maximum atomic E-state index is 13.0. The average molecular weight is 384 g/mol. The molecule has 3 aliphatic heterocycles. The molecule has 5 rings (SSSR count). The molecule has 1 atom stereocenters. The molecule has 0 saturated carbocycles. The van der Waals surface area contributed by atoms with Gasteiger partial charge in [0.05, 0.1) is 5.92 Å². The zero-order valence-corrected chi connectivity index (χ0v) is 15.7. The molecule has 1 aromatic carbocycles. The Morgan fingerprint density at radius 3 is 2.89 bits per heavy atom. The van der Waals surface area contributed by atoms with E-state index in [2.05, 4.69) is 11.4 Å². The van der Waals surface area contributed by atoms with Crippen molar-refractivity contribution in [1.29, 1.82) is 0 Å². The van der Waals surface area contributed by atoms with Crippen molar-refractivity contribution in [3.63, 3.8) is 0 Å². The summed E-state index contributed by atoms with van der Waals surface area (Å²) in [5.41, 5.74) is 2.01. The van der Waals surface area contributed by atoms with E-state index in [1.807, 2.05) is 23.1 Å². The number of amides is 2. The average Bonchev–Trinajstić information content (AvgIpc) is 3.33. The van der Waals surface area contributed by atoms with E-state index in [1.165, 1.54) is 10.4 Å². The molecule has 2 aromatic rings. The van der Waals surface area contributed by atoms with E-state index in [9.17, 15) is 9.59 Å². The zero-order chi connectivity index (χ0) is 18.4. The number of carbonyl (C=O) groups is 2. The molecule has 1 unspecified atom stereocenters. The summed E-state index contributed by atoms with van der Waals surface area (Å²) in [6, 6.07) is 7.62. The fourth-order valence-corrected chi connectivity index (χ4v) is 4.91. The molecular formula is C20H20N2O4S. The van der Waals surface area contributed by atoms with Gasteiger partial charge in [-0.2, -0.15) is 0 Å². The van der Waals surface area contributed by atoms with Gasteiger partial charge in [-0.3, -0.25) is 9.59 Å². The van der Waals surface area contributed by atoms with Crippen LogP contribution in [0, 0.1) is 5.92 Å². The number of hydrogen-bond donors (Lipinski definition) is 0. The molecule has 0 aliphatic carbocycles. The van der Waals surface area contributed by atoms with Crippen LogP contribution in [0.2, 0.25) is 0 Å². The highest BCUT2D eigenvalue weighted by molar-refractivity contribution is 7.10. The highest BCUT2D eigenvalue weighted by atomic mass is 32.1. The SMILES string of the molecule is O=C(C1CC(=O)N(c2ccc3c(c2)OCCO3)C1)N1CCc2sccc2C1. The molecule has 6 nitrogen and oxygen atoms in total. The van der Waals surface area contributed by atoms with Crippen molar-refractivity contribution in [2.75, 3.05) is 31.2 Å². The fourth-order valence-electron chi connectivity index (χ4n) is 4.02. The quantitative estimate of drug-likeness (QED) is 0.798. The van der Waals surface area contributed by atoms with Gasteiger partial charge in [0, 0.05) is 42.7 Å². The first-order chi connectivity index (χ1) is 13.2. The summed E-state index contributed by atoms with van der Waals surface area (Å²) in [6.45, 7) is 2.86. The summed E-state index contributed by atoms with van der Waals surface area (Å²) in [7, 11) is 0. The third-order valence-electron chi connectivity index (χ3n) is 5.43. The van der Waals surface area contributed by atoms with Gasteiger partial charge in [0.15, 0.2) is 11.5 Å². The van der Waals surface area contributed by atoms with Gasteiger partial charge in [0.1, 0.15) is 13.2 Å². The topological polar surface area (TPSA) is 59.1 Å². The number of hydrogen-bond acceptors (Lipinski definition) is 5. The first kappa shape index (κ1) is 16.6. The van der Waals surface area contributed by atoms with Gasteiger partial charge in [-0.25, -0.2) is 0 Å². The minimum atomic E-state index is -0.286. The van der Waals surface area contributed by atoms with Gasteiger partial charge in [0.25, 0.3) is 0 Å². The van der Waals surface area contributed by atoms with Crippen molar-refractivity contribution in [3.8, 4) is 11.5 Å². The standard InChI is InChI=1S/C20H20N2O4S/c23-19-9-14(20(24)21-5-3-18-13(11-21)4-8-27-18)12-22(19)15-1-2-16-17(10-15)26-7-6-25-16/h1-2,4,8,10,14H,3,5-7,9,11-12H2. The molecule has 1 fully saturated rings. The van der Waals surface area contributed by atoms with Crippen LogP contribution in [-0.4, -0.2) is 43.0 Å². The van der Waals surface area contributed by atoms with E-state index in [0.717, 1.165) is 18.7 Å². The van der Waals surface area contributed by atoms with Crippen molar-refractivity contribution >= 4 is 28.8 Å². The lowest BCUT2D eigenvalue weighted by molar-refractivity contribution is -0.136. The van der Waals surface area contributed by atoms with Gasteiger partial charge >= 0.3 is 0 Å². The monoisotopic (exact) mass is 384 g/mol. The van der Waals surface area contributed by atoms with Gasteiger partial charge in [0.2, 0.25) is 11.8 Å². The maximum Gasteiger partial charge on any atom is 0.228 e. The van der Waals surface area contributed by atoms with Crippen LogP contribution in [0.4, 0.5) is 5.69 Å². The minimum absolute atomic E-state index is 0.0155. The molecule has 0 spiro atoms. The largest absolute Gasteiger partial charge is 0.486 e. The second-order valence-electron chi connectivity index (χ2n) is 7.11. The summed E-state index contributed by atoms with van der Waals surface area (Å²) in [6.07, 6.45) is 1.17. The fraction of sp³-hybridized carbons (Fsp3) is 0.400. The number of ether oxygens (including phenoxy) is 2. The number of thiophene rings is 1. The lowest BCUT2D eigenvalue weighted by atomic mass is 10.0. The highest BCUT2D eigenvalue weighted by Gasteiger charge is 2.38. The van der Waals surface area contributed by atoms with E-state index in [1.54, 1.807) is 16.2 Å². The Hall–Kier alpha value is -2.54. The lowest BCUT2D eigenvalue weighted by Crippen LogP contribution is -2.40. The molecular weight excluding hydrogens is 364 g/mol. The molecule has 0 radical (unpaired) electrons. The Bertz CT molecular complexity index is 909. The molecule has 3 aliphatic rings. The van der Waals surface area contributed by atoms with Gasteiger partial charge in [-0.05, 0) is 35.6 Å². The van der Waals surface area contributed by atoms with E-state index in [0.29, 0.717) is 37.8 Å². The number of anilines is 1. The number of fused-ring (bicyclic) bond motifs is 2. The first-order valence-electron chi connectivity index (χ1n) is 9.23. The number of nitrogens with zero attached hydrogens (tertiary/aromatic N) is 2. The summed E-state index contributed by atoms with van der Waals surface area (Å²) >= 11 is 1.76. The summed E-state index contributed by atoms with van der Waals surface area (Å²) < 4.78 is 11.2. The smallest absolute Gasteiger partial charge is 0.228 e. The van der Waals surface area contributed by atoms with Crippen LogP contribution in [0.15, 0.2) is 29.6 Å². The number of rotatable bonds is 2. The summed E-state index contributed by atoms with van der Waals surface area (Å²) in [5, 5.41) is 2.08. The van der Waals surface area contributed by atoms with Crippen LogP contribution in [0.5, 0.6) is 11.5 Å². The second kappa shape index (κ2) is 6.56. The summed E-state index contributed by atoms with van der Waals surface area (Å²) in [5.74, 6) is 1.14. The van der Waals surface area contributed by atoms with Crippen LogP contribution in [0.3, 0.4) is 0 Å². The van der Waals surface area contributed by atoms with Crippen molar-refractivity contribution in [1.82, 2.24) is 4.90 Å². The van der Waals surface area contributed by atoms with E-state index in [4.69, 9.17) is 9.47 Å². The van der Waals surface area contributed by atoms with Crippen LogP contribution in [0.25, 0.3) is 0 Å². The molecule has 1 aromatic heterocycles. The predicted octanol–water partition coefficient (Wildman–Crippen LogP) is 2.46. The van der Waals surface area contributed by atoms with Crippen molar-refractivity contribution < 1.29 is 19.1 Å². The highest BCUT2D eigenvalue weighted by Crippen LogP contribution is 2.36. The molecule has 140 valence electrons. The third kappa shape index (κ3) is 2.96. The Kier molecular flexibility index (Phi) is 4.04. The zero-order valence-electron chi connectivity index (χ0n) is 14.8. The molecule has 1 saturated heterocycles. The normalized spacial score (nSPS) is 21.3. The number of carbonyl (C=O) groups excluding carboxylic acids is 2. The van der Waals surface area contributed by atoms with E-state index in [-0.39, 0.29) is 24.2 Å². The molecule has 4 heterocycles. The van der Waals surface area contributed by atoms with Gasteiger partial charge in [-0.1, -0.05) is 0 Å². The molecule has 2 amide bonds. The second-order valence-corrected chi connectivity index (χ2v) is 8.11. The van der Waals surface area contributed by atoms with Crippen LogP contribution in [-0.2, 0) is 22.6 Å². The molecule has 0 bridgehead atoms. The Morgan fingerprint density at radius 2 is 2.00 bits per heavy atom. The molecule has 0 N–H and O–H groups in total. The number of benzene rings is 1. The maximum absolute atomic E-state index is 13.0. The van der Waals surface area contributed by atoms with E-state index < -0.39 is 0 Å².